The molecule has 0 bridgehead atoms. The van der Waals surface area contributed by atoms with Crippen molar-refractivity contribution in [1.29, 1.82) is 0 Å². The molecule has 0 aliphatic rings. The summed E-state index contributed by atoms with van der Waals surface area (Å²) in [4.78, 5) is 26.9. The molecule has 0 aliphatic heterocycles. The number of amides is 1. The van der Waals surface area contributed by atoms with Crippen molar-refractivity contribution in [3.05, 3.63) is 0 Å². The van der Waals surface area contributed by atoms with Gasteiger partial charge in [0.15, 0.2) is 0 Å². The summed E-state index contributed by atoms with van der Waals surface area (Å²) in [7, 11) is 4.79. The Hall–Kier alpha value is -1.18. The lowest BCUT2D eigenvalue weighted by Crippen LogP contribution is -2.35. The van der Waals surface area contributed by atoms with Crippen LogP contribution >= 0.6 is 0 Å². The molecule has 0 heterocycles. The first-order valence-electron chi connectivity index (χ1n) is 7.27. The Labute approximate surface area is 127 Å². The molecule has 0 saturated carbocycles. The third-order valence-corrected chi connectivity index (χ3v) is 3.24. The van der Waals surface area contributed by atoms with E-state index in [0.717, 1.165) is 6.42 Å². The van der Waals surface area contributed by atoms with E-state index in [9.17, 15) is 9.59 Å². The minimum absolute atomic E-state index is 0.0870. The van der Waals surface area contributed by atoms with Crippen LogP contribution in [0.1, 0.15) is 19.3 Å². The average molecular weight is 303 g/mol. The van der Waals surface area contributed by atoms with Gasteiger partial charge in [0, 0.05) is 46.8 Å². The lowest BCUT2D eigenvalue weighted by molar-refractivity contribution is -0.141. The minimum Gasteiger partial charge on any atom is -0.469 e. The quantitative estimate of drug-likeness (QED) is 0.498. The number of carbonyl (C=O) groups excluding carboxylic acids is 2. The summed E-state index contributed by atoms with van der Waals surface area (Å²) < 4.78 is 9.68. The Morgan fingerprint density at radius 1 is 1.05 bits per heavy atom. The van der Waals surface area contributed by atoms with E-state index in [2.05, 4.69) is 4.74 Å². The maximum absolute atomic E-state index is 12.0. The van der Waals surface area contributed by atoms with E-state index in [1.54, 1.807) is 19.1 Å². The Morgan fingerprint density at radius 2 is 1.71 bits per heavy atom. The van der Waals surface area contributed by atoms with Gasteiger partial charge in [-0.15, -0.1) is 0 Å². The molecular weight excluding hydrogens is 274 g/mol. The van der Waals surface area contributed by atoms with Gasteiger partial charge in [-0.25, -0.2) is 0 Å². The van der Waals surface area contributed by atoms with Crippen LogP contribution in [0.2, 0.25) is 0 Å². The Morgan fingerprint density at radius 3 is 2.29 bits per heavy atom. The summed E-state index contributed by atoms with van der Waals surface area (Å²) in [5, 5.41) is 0. The number of nitrogens with zero attached hydrogens (tertiary/aromatic N) is 2. The van der Waals surface area contributed by atoms with Crippen LogP contribution in [0.15, 0.2) is 0 Å². The maximum Gasteiger partial charge on any atom is 0.306 e. The van der Waals surface area contributed by atoms with Crippen molar-refractivity contribution in [2.75, 3.05) is 60.6 Å². The fourth-order valence-electron chi connectivity index (χ4n) is 1.81. The summed E-state index contributed by atoms with van der Waals surface area (Å²) in [6, 6.07) is 0. The van der Waals surface area contributed by atoms with Crippen molar-refractivity contribution >= 4 is 11.9 Å². The predicted molar refractivity (Wildman–Crippen MR) is 80.9 cm³/mol. The van der Waals surface area contributed by atoms with Gasteiger partial charge in [-0.3, -0.25) is 14.5 Å². The van der Waals surface area contributed by atoms with Gasteiger partial charge < -0.3 is 20.1 Å². The predicted octanol–water partition coefficient (Wildman–Crippen LogP) is -0.305. The molecule has 0 aromatic rings. The van der Waals surface area contributed by atoms with Crippen molar-refractivity contribution in [3.8, 4) is 0 Å². The van der Waals surface area contributed by atoms with Crippen LogP contribution in [-0.2, 0) is 19.1 Å². The highest BCUT2D eigenvalue weighted by Crippen LogP contribution is 1.99. The zero-order valence-electron chi connectivity index (χ0n) is 13.5. The van der Waals surface area contributed by atoms with Gasteiger partial charge in [0.1, 0.15) is 0 Å². The summed E-state index contributed by atoms with van der Waals surface area (Å²) >= 11 is 0. The molecule has 0 saturated heterocycles. The van der Waals surface area contributed by atoms with Crippen LogP contribution in [0.4, 0.5) is 0 Å². The zero-order valence-corrected chi connectivity index (χ0v) is 13.5. The number of nitrogens with two attached hydrogens (primary N) is 1. The summed E-state index contributed by atoms with van der Waals surface area (Å²) in [5.74, 6) is -0.159. The van der Waals surface area contributed by atoms with Crippen molar-refractivity contribution in [3.63, 3.8) is 0 Å². The lowest BCUT2D eigenvalue weighted by atomic mass is 10.3. The Kier molecular flexibility index (Phi) is 11.8. The van der Waals surface area contributed by atoms with Crippen LogP contribution in [0.3, 0.4) is 0 Å². The van der Waals surface area contributed by atoms with Gasteiger partial charge in [0.2, 0.25) is 5.91 Å². The van der Waals surface area contributed by atoms with Crippen LogP contribution < -0.4 is 5.73 Å². The van der Waals surface area contributed by atoms with E-state index in [-0.39, 0.29) is 11.9 Å². The highest BCUT2D eigenvalue weighted by atomic mass is 16.5. The molecule has 21 heavy (non-hydrogen) atoms. The van der Waals surface area contributed by atoms with Crippen molar-refractivity contribution in [1.82, 2.24) is 9.80 Å². The Balaban J connectivity index is 4.14. The molecule has 0 rings (SSSR count). The second kappa shape index (κ2) is 12.6. The highest BCUT2D eigenvalue weighted by molar-refractivity contribution is 5.76. The number of rotatable bonds is 12. The first-order chi connectivity index (χ1) is 10.0. The first-order valence-corrected chi connectivity index (χ1v) is 7.27. The molecule has 0 atom stereocenters. The normalized spacial score (nSPS) is 10.7. The molecule has 124 valence electrons. The van der Waals surface area contributed by atoms with Gasteiger partial charge in [-0.05, 0) is 13.0 Å². The van der Waals surface area contributed by atoms with Gasteiger partial charge in [-0.2, -0.15) is 0 Å². The average Bonchev–Trinajstić information content (AvgIpc) is 2.50. The standard InChI is InChI=1S/C14H29N3O4/c1-16(8-4-7-15)13(18)5-9-17(11-12-20-2)10-6-14(19)21-3/h4-12,15H2,1-3H3. The third-order valence-electron chi connectivity index (χ3n) is 3.24. The maximum atomic E-state index is 12.0. The molecule has 0 fully saturated rings. The van der Waals surface area contributed by atoms with Crippen molar-refractivity contribution in [2.45, 2.75) is 19.3 Å². The summed E-state index contributed by atoms with van der Waals surface area (Å²) in [5.41, 5.74) is 5.43. The van der Waals surface area contributed by atoms with E-state index in [4.69, 9.17) is 10.5 Å². The summed E-state index contributed by atoms with van der Waals surface area (Å²) in [6.07, 6.45) is 1.54. The molecular formula is C14H29N3O4. The van der Waals surface area contributed by atoms with Crippen LogP contribution in [0.5, 0.6) is 0 Å². The molecule has 0 unspecified atom stereocenters. The SMILES string of the molecule is COCCN(CCC(=O)OC)CCC(=O)N(C)CCCN. The minimum atomic E-state index is -0.246. The Bertz CT molecular complexity index is 300. The second-order valence-electron chi connectivity index (χ2n) is 4.87. The molecule has 7 nitrogen and oxygen atoms in total. The highest BCUT2D eigenvalue weighted by Gasteiger charge is 2.13. The number of ether oxygens (including phenoxy) is 2. The zero-order chi connectivity index (χ0) is 16.1. The van der Waals surface area contributed by atoms with Gasteiger partial charge in [0.25, 0.3) is 0 Å². The van der Waals surface area contributed by atoms with Gasteiger partial charge in [0.05, 0.1) is 20.1 Å². The second-order valence-corrected chi connectivity index (χ2v) is 4.87. The molecule has 0 spiro atoms. The first kappa shape index (κ1) is 19.8. The largest absolute Gasteiger partial charge is 0.469 e. The third kappa shape index (κ3) is 10.2. The van der Waals surface area contributed by atoms with E-state index < -0.39 is 0 Å². The molecule has 0 radical (unpaired) electrons. The fourth-order valence-corrected chi connectivity index (χ4v) is 1.81. The lowest BCUT2D eigenvalue weighted by Gasteiger charge is -2.23. The van der Waals surface area contributed by atoms with E-state index in [0.29, 0.717) is 52.2 Å². The van der Waals surface area contributed by atoms with Gasteiger partial charge >= 0.3 is 5.97 Å². The summed E-state index contributed by atoms with van der Waals surface area (Å²) in [6.45, 7) is 3.68. The van der Waals surface area contributed by atoms with Crippen molar-refractivity contribution in [2.24, 2.45) is 5.73 Å². The van der Waals surface area contributed by atoms with E-state index in [1.807, 2.05) is 4.90 Å². The fraction of sp³-hybridized carbons (Fsp3) is 0.857. The monoisotopic (exact) mass is 303 g/mol. The number of carbonyl (C=O) groups is 2. The van der Waals surface area contributed by atoms with E-state index in [1.165, 1.54) is 7.11 Å². The molecule has 0 aliphatic carbocycles. The molecule has 1 amide bonds. The number of methoxy groups -OCH3 is 2. The van der Waals surface area contributed by atoms with Crippen LogP contribution in [-0.4, -0.2) is 82.3 Å². The van der Waals surface area contributed by atoms with Crippen LogP contribution in [0.25, 0.3) is 0 Å². The molecule has 2 N–H and O–H groups in total. The van der Waals surface area contributed by atoms with Gasteiger partial charge in [-0.1, -0.05) is 0 Å². The van der Waals surface area contributed by atoms with Crippen LogP contribution in [0, 0.1) is 0 Å². The van der Waals surface area contributed by atoms with Crippen molar-refractivity contribution < 1.29 is 19.1 Å². The number of hydrogen-bond donors (Lipinski definition) is 1. The topological polar surface area (TPSA) is 85.1 Å². The number of esters is 1. The molecule has 7 heteroatoms. The van der Waals surface area contributed by atoms with E-state index >= 15 is 0 Å². The smallest absolute Gasteiger partial charge is 0.306 e. The molecule has 0 aromatic heterocycles. The number of hydrogen-bond acceptors (Lipinski definition) is 6. The molecule has 0 aromatic carbocycles.